The second-order valence-corrected chi connectivity index (χ2v) is 4.08. The van der Waals surface area contributed by atoms with E-state index in [2.05, 4.69) is 10.4 Å². The average molecular weight is 285 g/mol. The summed E-state index contributed by atoms with van der Waals surface area (Å²) in [7, 11) is 2.98. The number of ether oxygens (including phenoxy) is 2. The van der Waals surface area contributed by atoms with Crippen LogP contribution in [0.1, 0.15) is 10.5 Å². The van der Waals surface area contributed by atoms with Crippen molar-refractivity contribution in [3.05, 3.63) is 28.2 Å². The second-order valence-electron chi connectivity index (χ2n) is 4.08. The van der Waals surface area contributed by atoms with Crippen LogP contribution in [0.2, 0.25) is 0 Å². The predicted octanol–water partition coefficient (Wildman–Crippen LogP) is -1.37. The Labute approximate surface area is 116 Å². The summed E-state index contributed by atoms with van der Waals surface area (Å²) < 4.78 is 10.9. The molecule has 8 nitrogen and oxygen atoms in total. The van der Waals surface area contributed by atoms with Crippen molar-refractivity contribution < 1.29 is 19.4 Å². The number of aliphatic hydroxyl groups excluding tert-OH is 1. The number of methoxy groups -OCH3 is 2. The molecule has 1 atom stereocenters. The van der Waals surface area contributed by atoms with E-state index in [0.717, 1.165) is 4.68 Å². The van der Waals surface area contributed by atoms with Gasteiger partial charge in [-0.25, -0.2) is 4.68 Å². The zero-order valence-corrected chi connectivity index (χ0v) is 11.5. The van der Waals surface area contributed by atoms with Crippen molar-refractivity contribution in [3.8, 4) is 0 Å². The van der Waals surface area contributed by atoms with Crippen molar-refractivity contribution in [2.75, 3.05) is 34.0 Å². The molecule has 1 heterocycles. The van der Waals surface area contributed by atoms with Gasteiger partial charge in [-0.05, 0) is 6.07 Å². The molecule has 1 unspecified atom stereocenters. The van der Waals surface area contributed by atoms with Gasteiger partial charge in [0.25, 0.3) is 11.5 Å². The Hall–Kier alpha value is -1.77. The van der Waals surface area contributed by atoms with Crippen LogP contribution >= 0.6 is 0 Å². The van der Waals surface area contributed by atoms with E-state index in [1.807, 2.05) is 0 Å². The molecule has 8 heteroatoms. The van der Waals surface area contributed by atoms with Crippen LogP contribution in [0, 0.1) is 0 Å². The van der Waals surface area contributed by atoms with Gasteiger partial charge in [-0.15, -0.1) is 0 Å². The number of carbonyl (C=O) groups is 1. The summed E-state index contributed by atoms with van der Waals surface area (Å²) in [5.41, 5.74) is -0.218. The first-order valence-corrected chi connectivity index (χ1v) is 6.10. The third-order valence-corrected chi connectivity index (χ3v) is 2.53. The lowest BCUT2D eigenvalue weighted by Gasteiger charge is -2.15. The highest BCUT2D eigenvalue weighted by Gasteiger charge is 2.15. The summed E-state index contributed by atoms with van der Waals surface area (Å²) >= 11 is 0. The van der Waals surface area contributed by atoms with Crippen molar-refractivity contribution in [1.82, 2.24) is 15.1 Å². The Bertz CT molecular complexity index is 488. The fourth-order valence-corrected chi connectivity index (χ4v) is 1.51. The third-order valence-electron chi connectivity index (χ3n) is 2.53. The first-order valence-electron chi connectivity index (χ1n) is 6.10. The molecule has 0 bridgehead atoms. The molecule has 0 saturated carbocycles. The molecule has 20 heavy (non-hydrogen) atoms. The normalized spacial score (nSPS) is 12.2. The Morgan fingerprint density at radius 1 is 1.45 bits per heavy atom. The molecule has 0 radical (unpaired) electrons. The summed E-state index contributed by atoms with van der Waals surface area (Å²) in [6.45, 7) is 0.521. The Kier molecular flexibility index (Phi) is 6.85. The van der Waals surface area contributed by atoms with Gasteiger partial charge in [-0.3, -0.25) is 9.59 Å². The van der Waals surface area contributed by atoms with E-state index in [1.54, 1.807) is 0 Å². The summed E-state index contributed by atoms with van der Waals surface area (Å²) in [6, 6.07) is 2.08. The zero-order chi connectivity index (χ0) is 15.0. The van der Waals surface area contributed by atoms with Gasteiger partial charge < -0.3 is 19.9 Å². The van der Waals surface area contributed by atoms with Crippen molar-refractivity contribution in [3.63, 3.8) is 0 Å². The molecule has 0 aliphatic heterocycles. The average Bonchev–Trinajstić information content (AvgIpc) is 2.45. The summed E-state index contributed by atoms with van der Waals surface area (Å²) in [6.07, 6.45) is 0. The molecule has 112 valence electrons. The maximum atomic E-state index is 11.9. The van der Waals surface area contributed by atoms with E-state index in [9.17, 15) is 9.59 Å². The number of hydrogen-bond donors (Lipinski definition) is 2. The summed E-state index contributed by atoms with van der Waals surface area (Å²) in [4.78, 5) is 23.5. The standard InChI is InChI=1S/C12H19N3O5/c1-19-6-5-15-11(17)4-3-10(14-15)12(18)13-9(7-16)8-20-2/h3-4,9,16H,5-8H2,1-2H3,(H,13,18). The van der Waals surface area contributed by atoms with Crippen LogP contribution in [0.4, 0.5) is 0 Å². The van der Waals surface area contributed by atoms with Gasteiger partial charge in [-0.1, -0.05) is 0 Å². The molecule has 1 rings (SSSR count). The number of nitrogens with zero attached hydrogens (tertiary/aromatic N) is 2. The first kappa shape index (κ1) is 16.3. The molecular weight excluding hydrogens is 266 g/mol. The number of aromatic nitrogens is 2. The van der Waals surface area contributed by atoms with Crippen LogP contribution in [0.3, 0.4) is 0 Å². The maximum Gasteiger partial charge on any atom is 0.272 e. The van der Waals surface area contributed by atoms with Gasteiger partial charge in [0.1, 0.15) is 5.69 Å². The molecule has 0 saturated heterocycles. The monoisotopic (exact) mass is 285 g/mol. The van der Waals surface area contributed by atoms with Crippen LogP contribution in [0.25, 0.3) is 0 Å². The number of aliphatic hydroxyl groups is 1. The minimum Gasteiger partial charge on any atom is -0.394 e. The largest absolute Gasteiger partial charge is 0.394 e. The van der Waals surface area contributed by atoms with E-state index in [1.165, 1.54) is 26.4 Å². The van der Waals surface area contributed by atoms with Crippen LogP contribution in [0.15, 0.2) is 16.9 Å². The topological polar surface area (TPSA) is 103 Å². The molecule has 0 aliphatic carbocycles. The Balaban J connectivity index is 2.79. The van der Waals surface area contributed by atoms with Gasteiger partial charge in [0.15, 0.2) is 0 Å². The molecule has 1 aromatic heterocycles. The molecule has 0 aliphatic rings. The van der Waals surface area contributed by atoms with Crippen molar-refractivity contribution in [1.29, 1.82) is 0 Å². The minimum absolute atomic E-state index is 0.0928. The maximum absolute atomic E-state index is 11.9. The lowest BCUT2D eigenvalue weighted by atomic mass is 10.3. The highest BCUT2D eigenvalue weighted by molar-refractivity contribution is 5.92. The fraction of sp³-hybridized carbons (Fsp3) is 0.583. The fourth-order valence-electron chi connectivity index (χ4n) is 1.51. The van der Waals surface area contributed by atoms with Crippen LogP contribution in [-0.2, 0) is 16.0 Å². The number of carbonyl (C=O) groups excluding carboxylic acids is 1. The van der Waals surface area contributed by atoms with Crippen LogP contribution in [-0.4, -0.2) is 60.9 Å². The van der Waals surface area contributed by atoms with Crippen molar-refractivity contribution >= 4 is 5.91 Å². The van der Waals surface area contributed by atoms with Gasteiger partial charge >= 0.3 is 0 Å². The molecular formula is C12H19N3O5. The molecule has 1 aromatic rings. The van der Waals surface area contributed by atoms with E-state index >= 15 is 0 Å². The summed E-state index contributed by atoms with van der Waals surface area (Å²) in [5.74, 6) is -0.479. The van der Waals surface area contributed by atoms with E-state index in [-0.39, 0.29) is 31.0 Å². The van der Waals surface area contributed by atoms with E-state index in [0.29, 0.717) is 6.61 Å². The zero-order valence-electron chi connectivity index (χ0n) is 11.5. The SMILES string of the molecule is COCCn1nc(C(=O)NC(CO)COC)ccc1=O. The van der Waals surface area contributed by atoms with E-state index in [4.69, 9.17) is 14.6 Å². The van der Waals surface area contributed by atoms with Crippen molar-refractivity contribution in [2.24, 2.45) is 0 Å². The molecule has 0 spiro atoms. The number of amides is 1. The third kappa shape index (κ3) is 4.72. The first-order chi connectivity index (χ1) is 9.62. The lowest BCUT2D eigenvalue weighted by Crippen LogP contribution is -2.41. The highest BCUT2D eigenvalue weighted by atomic mass is 16.5. The van der Waals surface area contributed by atoms with Crippen LogP contribution < -0.4 is 10.9 Å². The predicted molar refractivity (Wildman–Crippen MR) is 70.6 cm³/mol. The summed E-state index contributed by atoms with van der Waals surface area (Å²) in [5, 5.41) is 15.6. The van der Waals surface area contributed by atoms with Gasteiger partial charge in [-0.2, -0.15) is 5.10 Å². The van der Waals surface area contributed by atoms with E-state index < -0.39 is 11.9 Å². The quantitative estimate of drug-likeness (QED) is 0.611. The molecule has 0 fully saturated rings. The molecule has 0 aromatic carbocycles. The smallest absolute Gasteiger partial charge is 0.272 e. The Morgan fingerprint density at radius 3 is 2.80 bits per heavy atom. The van der Waals surface area contributed by atoms with Crippen molar-refractivity contribution in [2.45, 2.75) is 12.6 Å². The number of rotatable bonds is 8. The van der Waals surface area contributed by atoms with Gasteiger partial charge in [0, 0.05) is 20.3 Å². The Morgan fingerprint density at radius 2 is 2.20 bits per heavy atom. The van der Waals surface area contributed by atoms with Gasteiger partial charge in [0.05, 0.1) is 32.4 Å². The molecule has 2 N–H and O–H groups in total. The minimum atomic E-state index is -0.520. The second kappa shape index (κ2) is 8.41. The number of hydrogen-bond acceptors (Lipinski definition) is 6. The number of nitrogens with one attached hydrogen (secondary N) is 1. The lowest BCUT2D eigenvalue weighted by molar-refractivity contribution is 0.0832. The molecule has 1 amide bonds. The van der Waals surface area contributed by atoms with Gasteiger partial charge in [0.2, 0.25) is 0 Å². The highest BCUT2D eigenvalue weighted by Crippen LogP contribution is 1.94. The van der Waals surface area contributed by atoms with Crippen LogP contribution in [0.5, 0.6) is 0 Å².